The van der Waals surface area contributed by atoms with Gasteiger partial charge in [0.2, 0.25) is 0 Å². The van der Waals surface area contributed by atoms with Gasteiger partial charge in [-0.2, -0.15) is 4.99 Å². The normalized spacial score (nSPS) is 12.3. The molecule has 0 radical (unpaired) electrons. The van der Waals surface area contributed by atoms with E-state index in [1.54, 1.807) is 12.1 Å². The third kappa shape index (κ3) is 4.35. The Morgan fingerprint density at radius 1 is 1.06 bits per heavy atom. The number of aryl methyl sites for hydroxylation is 3. The number of nitrogens with one attached hydrogen (secondary N) is 1. The molecule has 1 amide bonds. The minimum Gasteiger partial charge on any atom is -0.319 e. The molecule has 1 aromatic heterocycles. The summed E-state index contributed by atoms with van der Waals surface area (Å²) in [6, 6.07) is 14.7. The number of fused-ring (bicyclic) bond motifs is 1. The van der Waals surface area contributed by atoms with E-state index in [0.29, 0.717) is 4.80 Å². The molecule has 0 bridgehead atoms. The lowest BCUT2D eigenvalue weighted by atomic mass is 10.1. The third-order valence-electron chi connectivity index (χ3n) is 4.92. The Bertz CT molecular complexity index is 1520. The standard InChI is InChI=1S/C23H20FN3O3S2/c1-14-11-15(2)21-20(12-14)31-23(27(21)3)25-22(28)16-5-4-6-18(13-16)26-32(29,30)19-9-7-17(24)8-10-19/h4-13,26H,1-3H3. The summed E-state index contributed by atoms with van der Waals surface area (Å²) in [5.41, 5.74) is 3.71. The van der Waals surface area contributed by atoms with Crippen molar-refractivity contribution < 1.29 is 17.6 Å². The highest BCUT2D eigenvalue weighted by Crippen LogP contribution is 2.23. The van der Waals surface area contributed by atoms with E-state index in [0.717, 1.165) is 33.5 Å². The number of amides is 1. The largest absolute Gasteiger partial charge is 0.319 e. The van der Waals surface area contributed by atoms with E-state index in [4.69, 9.17) is 0 Å². The smallest absolute Gasteiger partial charge is 0.279 e. The van der Waals surface area contributed by atoms with Gasteiger partial charge >= 0.3 is 0 Å². The second kappa shape index (κ2) is 8.33. The van der Waals surface area contributed by atoms with Crippen molar-refractivity contribution in [2.75, 3.05) is 4.72 Å². The fraction of sp³-hybridized carbons (Fsp3) is 0.130. The van der Waals surface area contributed by atoms with E-state index in [1.165, 1.54) is 35.6 Å². The molecule has 3 aromatic carbocycles. The van der Waals surface area contributed by atoms with Crippen LogP contribution in [0.2, 0.25) is 0 Å². The van der Waals surface area contributed by atoms with Crippen LogP contribution in [0, 0.1) is 19.7 Å². The molecule has 4 rings (SSSR count). The molecule has 164 valence electrons. The van der Waals surface area contributed by atoms with Crippen molar-refractivity contribution in [2.45, 2.75) is 18.7 Å². The number of aromatic nitrogens is 1. The number of benzene rings is 3. The molecule has 0 saturated heterocycles. The summed E-state index contributed by atoms with van der Waals surface area (Å²) in [4.78, 5) is 17.6. The predicted octanol–water partition coefficient (Wildman–Crippen LogP) is 4.54. The Balaban J connectivity index is 1.66. The molecule has 0 unspecified atom stereocenters. The van der Waals surface area contributed by atoms with Crippen LogP contribution in [0.1, 0.15) is 21.5 Å². The van der Waals surface area contributed by atoms with Gasteiger partial charge in [-0.25, -0.2) is 12.8 Å². The number of hydrogen-bond acceptors (Lipinski definition) is 4. The van der Waals surface area contributed by atoms with Crippen LogP contribution in [-0.2, 0) is 17.1 Å². The Hall–Kier alpha value is -3.30. The molecule has 32 heavy (non-hydrogen) atoms. The minimum absolute atomic E-state index is 0.0803. The van der Waals surface area contributed by atoms with E-state index in [-0.39, 0.29) is 16.1 Å². The van der Waals surface area contributed by atoms with Crippen molar-refractivity contribution >= 4 is 43.2 Å². The van der Waals surface area contributed by atoms with E-state index in [9.17, 15) is 17.6 Å². The van der Waals surface area contributed by atoms with Gasteiger partial charge in [-0.3, -0.25) is 9.52 Å². The monoisotopic (exact) mass is 469 g/mol. The van der Waals surface area contributed by atoms with Crippen LogP contribution in [0.15, 0.2) is 70.6 Å². The molecule has 0 aliphatic carbocycles. The maximum absolute atomic E-state index is 13.1. The highest BCUT2D eigenvalue weighted by atomic mass is 32.2. The lowest BCUT2D eigenvalue weighted by Crippen LogP contribution is -2.15. The Morgan fingerprint density at radius 3 is 2.50 bits per heavy atom. The summed E-state index contributed by atoms with van der Waals surface area (Å²) in [5.74, 6) is -1.01. The average molecular weight is 470 g/mol. The van der Waals surface area contributed by atoms with Crippen LogP contribution in [0.25, 0.3) is 10.2 Å². The molecular formula is C23H20FN3O3S2. The molecule has 0 aliphatic heterocycles. The highest BCUT2D eigenvalue weighted by Gasteiger charge is 2.15. The molecule has 9 heteroatoms. The first kappa shape index (κ1) is 21.9. The molecule has 0 atom stereocenters. The topological polar surface area (TPSA) is 80.5 Å². The molecule has 1 N–H and O–H groups in total. The number of thiazole rings is 1. The lowest BCUT2D eigenvalue weighted by Gasteiger charge is -2.08. The van der Waals surface area contributed by atoms with Crippen LogP contribution in [0.4, 0.5) is 10.1 Å². The van der Waals surface area contributed by atoms with E-state index >= 15 is 0 Å². The Labute approximate surface area is 188 Å². The molecule has 0 fully saturated rings. The second-order valence-electron chi connectivity index (χ2n) is 7.43. The van der Waals surface area contributed by atoms with Crippen LogP contribution >= 0.6 is 11.3 Å². The van der Waals surface area contributed by atoms with Crippen LogP contribution < -0.4 is 9.52 Å². The number of nitrogens with zero attached hydrogens (tertiary/aromatic N) is 2. The number of rotatable bonds is 4. The summed E-state index contributed by atoms with van der Waals surface area (Å²) in [7, 11) is -2.06. The number of carbonyl (C=O) groups excluding carboxylic acids is 1. The van der Waals surface area contributed by atoms with Crippen LogP contribution in [0.5, 0.6) is 0 Å². The lowest BCUT2D eigenvalue weighted by molar-refractivity contribution is 0.0998. The van der Waals surface area contributed by atoms with Crippen molar-refractivity contribution in [1.82, 2.24) is 4.57 Å². The fourth-order valence-electron chi connectivity index (χ4n) is 3.48. The number of anilines is 1. The maximum Gasteiger partial charge on any atom is 0.279 e. The Kier molecular flexibility index (Phi) is 5.70. The van der Waals surface area contributed by atoms with Crippen molar-refractivity contribution in [2.24, 2.45) is 12.0 Å². The van der Waals surface area contributed by atoms with Gasteiger partial charge in [0.05, 0.1) is 15.1 Å². The number of hydrogen-bond donors (Lipinski definition) is 1. The number of carbonyl (C=O) groups is 1. The van der Waals surface area contributed by atoms with Gasteiger partial charge in [-0.1, -0.05) is 23.5 Å². The average Bonchev–Trinajstić information content (AvgIpc) is 3.03. The minimum atomic E-state index is -3.92. The van der Waals surface area contributed by atoms with Crippen molar-refractivity contribution in [3.05, 3.63) is 88.0 Å². The fourth-order valence-corrected chi connectivity index (χ4v) is 5.73. The zero-order valence-corrected chi connectivity index (χ0v) is 19.2. The van der Waals surface area contributed by atoms with Crippen molar-refractivity contribution in [3.63, 3.8) is 0 Å². The summed E-state index contributed by atoms with van der Waals surface area (Å²) < 4.78 is 43.5. The van der Waals surface area contributed by atoms with Crippen LogP contribution in [0.3, 0.4) is 0 Å². The van der Waals surface area contributed by atoms with Crippen molar-refractivity contribution in [3.8, 4) is 0 Å². The number of halogens is 1. The summed E-state index contributed by atoms with van der Waals surface area (Å²) in [6.07, 6.45) is 0. The van der Waals surface area contributed by atoms with Gasteiger partial charge in [0, 0.05) is 18.3 Å². The zero-order valence-electron chi connectivity index (χ0n) is 17.6. The van der Waals surface area contributed by atoms with Gasteiger partial charge < -0.3 is 4.57 Å². The molecular weight excluding hydrogens is 449 g/mol. The van der Waals surface area contributed by atoms with E-state index in [1.807, 2.05) is 25.5 Å². The Morgan fingerprint density at radius 2 is 1.78 bits per heavy atom. The quantitative estimate of drug-likeness (QED) is 0.477. The first-order valence-corrected chi connectivity index (χ1v) is 12.0. The zero-order chi connectivity index (χ0) is 23.0. The van der Waals surface area contributed by atoms with Crippen LogP contribution in [-0.4, -0.2) is 18.9 Å². The third-order valence-corrected chi connectivity index (χ3v) is 7.39. The highest BCUT2D eigenvalue weighted by molar-refractivity contribution is 7.92. The SMILES string of the molecule is Cc1cc(C)c2c(c1)sc(=NC(=O)c1cccc(NS(=O)(=O)c3ccc(F)cc3)c1)n2C. The number of sulfonamides is 1. The maximum atomic E-state index is 13.1. The predicted molar refractivity (Wildman–Crippen MR) is 124 cm³/mol. The van der Waals surface area contributed by atoms with Gasteiger partial charge in [0.25, 0.3) is 15.9 Å². The first-order chi connectivity index (χ1) is 15.1. The molecule has 6 nitrogen and oxygen atoms in total. The molecule has 1 heterocycles. The van der Waals surface area contributed by atoms with Gasteiger partial charge in [0.15, 0.2) is 4.80 Å². The van der Waals surface area contributed by atoms with E-state index in [2.05, 4.69) is 21.8 Å². The summed E-state index contributed by atoms with van der Waals surface area (Å²) >= 11 is 1.42. The molecule has 4 aromatic rings. The van der Waals surface area contributed by atoms with Gasteiger partial charge in [0.1, 0.15) is 5.82 Å². The van der Waals surface area contributed by atoms with Crippen molar-refractivity contribution in [1.29, 1.82) is 0 Å². The second-order valence-corrected chi connectivity index (χ2v) is 10.1. The van der Waals surface area contributed by atoms with Gasteiger partial charge in [-0.15, -0.1) is 0 Å². The molecule has 0 aliphatic rings. The molecule has 0 spiro atoms. The summed E-state index contributed by atoms with van der Waals surface area (Å²) in [6.45, 7) is 4.04. The first-order valence-electron chi connectivity index (χ1n) is 9.68. The van der Waals surface area contributed by atoms with Gasteiger partial charge in [-0.05, 0) is 73.5 Å². The summed E-state index contributed by atoms with van der Waals surface area (Å²) in [5, 5.41) is 0. The van der Waals surface area contributed by atoms with E-state index < -0.39 is 21.7 Å². The molecule has 0 saturated carbocycles.